The van der Waals surface area contributed by atoms with Crippen molar-refractivity contribution in [1.82, 2.24) is 15.2 Å². The van der Waals surface area contributed by atoms with Gasteiger partial charge in [-0.3, -0.25) is 10.5 Å². The smallest absolute Gasteiger partial charge is 0.183 e. The van der Waals surface area contributed by atoms with Crippen molar-refractivity contribution in [3.8, 4) is 0 Å². The number of nitrogens with one attached hydrogen (secondary N) is 2. The van der Waals surface area contributed by atoms with Crippen LogP contribution in [0.4, 0.5) is 0 Å². The lowest BCUT2D eigenvalue weighted by Crippen LogP contribution is -2.13. The molecule has 0 saturated carbocycles. The minimum absolute atomic E-state index is 0.0915. The highest BCUT2D eigenvalue weighted by molar-refractivity contribution is 7.98. The largest absolute Gasteiger partial charge is 0.384 e. The number of nitrogens with zero attached hydrogens (tertiary/aromatic N) is 2. The van der Waals surface area contributed by atoms with Gasteiger partial charge in [-0.2, -0.15) is 5.10 Å². The van der Waals surface area contributed by atoms with E-state index in [0.29, 0.717) is 5.75 Å². The fourth-order valence-electron chi connectivity index (χ4n) is 1.32. The van der Waals surface area contributed by atoms with Gasteiger partial charge < -0.3 is 5.73 Å². The SMILES string of the molecule is N=C(N)c1ccccc1CSc1ncn[nH]1. The second-order valence-corrected chi connectivity index (χ2v) is 4.11. The summed E-state index contributed by atoms with van der Waals surface area (Å²) in [5.74, 6) is 0.805. The molecule has 16 heavy (non-hydrogen) atoms. The molecule has 0 radical (unpaired) electrons. The van der Waals surface area contributed by atoms with Gasteiger partial charge >= 0.3 is 0 Å². The van der Waals surface area contributed by atoms with E-state index in [0.717, 1.165) is 16.3 Å². The van der Waals surface area contributed by atoms with E-state index in [9.17, 15) is 0 Å². The number of thioether (sulfide) groups is 1. The summed E-state index contributed by atoms with van der Waals surface area (Å²) in [6, 6.07) is 7.61. The molecule has 1 heterocycles. The van der Waals surface area contributed by atoms with Crippen LogP contribution in [0.2, 0.25) is 0 Å². The first-order chi connectivity index (χ1) is 7.77. The molecule has 2 rings (SSSR count). The molecule has 0 spiro atoms. The lowest BCUT2D eigenvalue weighted by Gasteiger charge is -2.06. The molecule has 2 aromatic rings. The van der Waals surface area contributed by atoms with Gasteiger partial charge in [0.1, 0.15) is 12.2 Å². The van der Waals surface area contributed by atoms with Crippen molar-refractivity contribution in [3.05, 3.63) is 41.7 Å². The van der Waals surface area contributed by atoms with Crippen LogP contribution in [0.15, 0.2) is 35.7 Å². The molecule has 0 aliphatic carbocycles. The monoisotopic (exact) mass is 233 g/mol. The zero-order valence-electron chi connectivity index (χ0n) is 8.47. The Morgan fingerprint density at radius 2 is 2.25 bits per heavy atom. The van der Waals surface area contributed by atoms with Gasteiger partial charge in [0.2, 0.25) is 0 Å². The van der Waals surface area contributed by atoms with Gasteiger partial charge in [-0.25, -0.2) is 4.98 Å². The van der Waals surface area contributed by atoms with Gasteiger partial charge in [-0.1, -0.05) is 36.0 Å². The molecule has 4 N–H and O–H groups in total. The quantitative estimate of drug-likeness (QED) is 0.422. The lowest BCUT2D eigenvalue weighted by atomic mass is 10.1. The summed E-state index contributed by atoms with van der Waals surface area (Å²) < 4.78 is 0. The van der Waals surface area contributed by atoms with Gasteiger partial charge in [-0.15, -0.1) is 0 Å². The third-order valence-electron chi connectivity index (χ3n) is 2.06. The molecule has 1 aromatic carbocycles. The number of hydrogen-bond donors (Lipinski definition) is 3. The van der Waals surface area contributed by atoms with E-state index in [1.807, 2.05) is 24.3 Å². The van der Waals surface area contributed by atoms with Crippen molar-refractivity contribution in [2.24, 2.45) is 5.73 Å². The topological polar surface area (TPSA) is 91.4 Å². The van der Waals surface area contributed by atoms with E-state index in [2.05, 4.69) is 15.2 Å². The van der Waals surface area contributed by atoms with Crippen molar-refractivity contribution in [3.63, 3.8) is 0 Å². The number of H-pyrrole nitrogens is 1. The molecular weight excluding hydrogens is 222 g/mol. The molecule has 0 atom stereocenters. The number of amidine groups is 1. The zero-order valence-corrected chi connectivity index (χ0v) is 9.29. The normalized spacial score (nSPS) is 10.2. The Morgan fingerprint density at radius 1 is 1.44 bits per heavy atom. The molecule has 1 aromatic heterocycles. The summed E-state index contributed by atoms with van der Waals surface area (Å²) in [6.45, 7) is 0. The molecule has 0 amide bonds. The Hall–Kier alpha value is -1.82. The molecule has 6 heteroatoms. The van der Waals surface area contributed by atoms with E-state index in [1.54, 1.807) is 0 Å². The van der Waals surface area contributed by atoms with Gasteiger partial charge in [0.25, 0.3) is 0 Å². The second kappa shape index (κ2) is 4.80. The average molecular weight is 233 g/mol. The maximum atomic E-state index is 7.46. The van der Waals surface area contributed by atoms with Crippen LogP contribution >= 0.6 is 11.8 Å². The molecule has 0 aliphatic rings. The number of rotatable bonds is 4. The first-order valence-corrected chi connectivity index (χ1v) is 5.66. The number of aromatic amines is 1. The van der Waals surface area contributed by atoms with Crippen LogP contribution in [0.1, 0.15) is 11.1 Å². The van der Waals surface area contributed by atoms with Gasteiger partial charge in [0, 0.05) is 11.3 Å². The van der Waals surface area contributed by atoms with Gasteiger partial charge in [0.15, 0.2) is 5.16 Å². The van der Waals surface area contributed by atoms with Crippen LogP contribution in [0.5, 0.6) is 0 Å². The Kier molecular flexibility index (Phi) is 3.21. The van der Waals surface area contributed by atoms with Crippen LogP contribution < -0.4 is 5.73 Å². The predicted molar refractivity (Wildman–Crippen MR) is 63.4 cm³/mol. The first kappa shape index (κ1) is 10.7. The van der Waals surface area contributed by atoms with Crippen molar-refractivity contribution in [2.45, 2.75) is 10.9 Å². The molecule has 0 unspecified atom stereocenters. The zero-order chi connectivity index (χ0) is 11.4. The molecule has 0 aliphatic heterocycles. The van der Waals surface area contributed by atoms with Crippen LogP contribution in [0.3, 0.4) is 0 Å². The van der Waals surface area contributed by atoms with E-state index in [1.165, 1.54) is 18.1 Å². The molecule has 82 valence electrons. The molecular formula is C10H11N5S. The van der Waals surface area contributed by atoms with Crippen LogP contribution in [0.25, 0.3) is 0 Å². The highest BCUT2D eigenvalue weighted by Gasteiger charge is 2.05. The van der Waals surface area contributed by atoms with Crippen LogP contribution in [0, 0.1) is 5.41 Å². The van der Waals surface area contributed by atoms with E-state index in [-0.39, 0.29) is 5.84 Å². The molecule has 0 fully saturated rings. The van der Waals surface area contributed by atoms with Crippen molar-refractivity contribution in [1.29, 1.82) is 5.41 Å². The van der Waals surface area contributed by atoms with Crippen LogP contribution in [-0.2, 0) is 5.75 Å². The molecule has 5 nitrogen and oxygen atoms in total. The maximum absolute atomic E-state index is 7.46. The first-order valence-electron chi connectivity index (χ1n) is 4.68. The number of nitrogen functional groups attached to an aromatic ring is 1. The van der Waals surface area contributed by atoms with Crippen molar-refractivity contribution in [2.75, 3.05) is 0 Å². The van der Waals surface area contributed by atoms with Crippen molar-refractivity contribution >= 4 is 17.6 Å². The third-order valence-corrected chi connectivity index (χ3v) is 2.99. The summed E-state index contributed by atoms with van der Waals surface area (Å²) in [4.78, 5) is 4.02. The predicted octanol–water partition coefficient (Wildman–Crippen LogP) is 1.38. The van der Waals surface area contributed by atoms with E-state index < -0.39 is 0 Å². The Balaban J connectivity index is 2.12. The van der Waals surface area contributed by atoms with Crippen LogP contribution in [-0.4, -0.2) is 21.0 Å². The summed E-state index contributed by atoms with van der Waals surface area (Å²) in [5, 5.41) is 14.8. The van der Waals surface area contributed by atoms with E-state index in [4.69, 9.17) is 11.1 Å². The third kappa shape index (κ3) is 2.40. The summed E-state index contributed by atoms with van der Waals surface area (Å²) in [7, 11) is 0. The Bertz CT molecular complexity index is 480. The Morgan fingerprint density at radius 3 is 2.94 bits per heavy atom. The fourth-order valence-corrected chi connectivity index (χ4v) is 2.10. The highest BCUT2D eigenvalue weighted by atomic mass is 32.2. The standard InChI is InChI=1S/C10H11N5S/c11-9(12)8-4-2-1-3-7(8)5-16-10-13-6-14-15-10/h1-4,6H,5H2,(H3,11,12)(H,13,14,15). The fraction of sp³-hybridized carbons (Fsp3) is 0.100. The van der Waals surface area contributed by atoms with E-state index >= 15 is 0 Å². The number of hydrogen-bond acceptors (Lipinski definition) is 4. The number of benzene rings is 1. The second-order valence-electron chi connectivity index (χ2n) is 3.15. The highest BCUT2D eigenvalue weighted by Crippen LogP contribution is 2.20. The summed E-state index contributed by atoms with van der Waals surface area (Å²) in [6.07, 6.45) is 1.47. The lowest BCUT2D eigenvalue weighted by molar-refractivity contribution is 0.973. The van der Waals surface area contributed by atoms with Gasteiger partial charge in [0.05, 0.1) is 0 Å². The minimum Gasteiger partial charge on any atom is -0.384 e. The van der Waals surface area contributed by atoms with Crippen molar-refractivity contribution < 1.29 is 0 Å². The molecule has 0 saturated heterocycles. The minimum atomic E-state index is 0.0915. The maximum Gasteiger partial charge on any atom is 0.183 e. The number of aromatic nitrogens is 3. The summed E-state index contributed by atoms with van der Waals surface area (Å²) >= 11 is 1.53. The molecule has 0 bridgehead atoms. The average Bonchev–Trinajstić information content (AvgIpc) is 2.79. The number of nitrogens with two attached hydrogens (primary N) is 1. The van der Waals surface area contributed by atoms with Gasteiger partial charge in [-0.05, 0) is 5.56 Å². The summed E-state index contributed by atoms with van der Waals surface area (Å²) in [5.41, 5.74) is 7.30. The Labute approximate surface area is 97.0 Å².